The van der Waals surface area contributed by atoms with Crippen LogP contribution in [0.4, 0.5) is 0 Å². The smallest absolute Gasteiger partial charge is 0.726 e. The van der Waals surface area contributed by atoms with E-state index in [9.17, 15) is 88.6 Å². The Morgan fingerprint density at radius 3 is 1.89 bits per heavy atom. The molecule has 0 radical (unpaired) electrons. The van der Waals surface area contributed by atoms with Gasteiger partial charge in [-0.15, -0.1) is 0 Å². The molecule has 31 atom stereocenters. The number of methoxy groups -OCH3 is 1. The van der Waals surface area contributed by atoms with E-state index in [0.29, 0.717) is 50.5 Å². The number of hydrogen-bond acceptors (Lipinski definition) is 32. The first-order chi connectivity index (χ1) is 43.4. The van der Waals surface area contributed by atoms with Gasteiger partial charge in [-0.1, -0.05) is 47.1 Å². The number of carbonyl (C=O) groups is 4. The Balaban J connectivity index is 0.00000578. The summed E-state index contributed by atoms with van der Waals surface area (Å²) in [6.07, 6.45) is -43.3. The minimum atomic E-state index is -5.36. The van der Waals surface area contributed by atoms with E-state index >= 15 is 4.79 Å². The van der Waals surface area contributed by atoms with Crippen LogP contribution in [0.25, 0.3) is 0 Å². The van der Waals surface area contributed by atoms with Gasteiger partial charge in [-0.2, -0.15) is 0 Å². The first-order valence-electron chi connectivity index (χ1n) is 31.7. The van der Waals surface area contributed by atoms with Crippen LogP contribution in [-0.2, 0) is 90.6 Å². The Kier molecular flexibility index (Phi) is 25.2. The number of allylic oxidation sites excluding steroid dienone is 2. The molecular formula is C60H90Na2O32S. The molecule has 4 aliphatic carbocycles. The molecule has 95 heavy (non-hydrogen) atoms. The second-order valence-corrected chi connectivity index (χ2v) is 29.6. The minimum absolute atomic E-state index is 0. The molecule has 0 unspecified atom stereocenters. The van der Waals surface area contributed by atoms with Crippen molar-refractivity contribution in [2.75, 3.05) is 26.9 Å². The van der Waals surface area contributed by atoms with E-state index in [4.69, 9.17) is 56.8 Å². The summed E-state index contributed by atoms with van der Waals surface area (Å²) in [5, 5.41) is 135. The minimum Gasteiger partial charge on any atom is -0.726 e. The van der Waals surface area contributed by atoms with Crippen LogP contribution in [0.1, 0.15) is 113 Å². The second-order valence-electron chi connectivity index (χ2n) is 28.5. The van der Waals surface area contributed by atoms with Crippen LogP contribution < -0.4 is 64.2 Å². The summed E-state index contributed by atoms with van der Waals surface area (Å²) < 4.78 is 109. The standard InChI is InChI=1S/C60H92O32S.2Na/c1-22(2)16-24(62)18-59(8)30-11-14-58(7)33-25(10-15-60(30,58)55(76)92-59)57(6)13-12-32(56(4,5)31(57)17-26(33)63)87-54-48(36(66)28(20-81-54)85-51-39(69)37(67)34(64)29(86-51)21-82-93(77,78)79)91-50-40(70)38(68)44(23(3)83-50)88-52-43(73)46(35(65)27(19-61)84-52)89-53-42(72)45(80-9)41(71)47(90-53)49(74)75;;/h22-23,27-32,34-48,50-54,61,64-73H,10-21H2,1-9H3,(H,74,75)(H,77,78,79);;/q;2*+1/p-2/t23-,27-,28-,29-,30-,31+,32+,34-,35-,36+,37+,38-,39-,40-,41+,42-,43-,44-,45+,46+,47+,48-,50+,51-,52+,53-,54+,57-,58+,59+,60-;;/m1../s1. The van der Waals surface area contributed by atoms with E-state index in [1.54, 1.807) is 0 Å². The fraction of sp³-hybridized carbons (Fsp3) is 0.900. The van der Waals surface area contributed by atoms with Gasteiger partial charge in [-0.3, -0.25) is 18.6 Å². The van der Waals surface area contributed by atoms with Crippen LogP contribution in [0.2, 0.25) is 0 Å². The number of hydrogen-bond donors (Lipinski definition) is 11. The molecule has 0 aromatic rings. The number of Topliss-reactive ketones (excluding diaryl/α,β-unsaturated/α-hetero) is 2. The topological polar surface area (TPSA) is 491 Å². The van der Waals surface area contributed by atoms with Crippen LogP contribution in [0, 0.1) is 39.4 Å². The van der Waals surface area contributed by atoms with Crippen molar-refractivity contribution in [2.24, 2.45) is 39.4 Å². The molecular weight excluding hydrogens is 1310 g/mol. The molecule has 35 heteroatoms. The third-order valence-corrected chi connectivity index (χ3v) is 22.5. The normalized spacial score (nSPS) is 48.1. The number of carboxylic acids is 1. The fourth-order valence-electron chi connectivity index (χ4n) is 17.4. The molecule has 0 aromatic carbocycles. The zero-order valence-corrected chi connectivity index (χ0v) is 59.9. The monoisotopic (exact) mass is 1400 g/mol. The number of carbonyl (C=O) groups excluding carboxylic acids is 4. The van der Waals surface area contributed by atoms with Crippen LogP contribution in [0.3, 0.4) is 0 Å². The predicted octanol–water partition coefficient (Wildman–Crippen LogP) is -10.7. The van der Waals surface area contributed by atoms with Crippen LogP contribution >= 0.6 is 0 Å². The summed E-state index contributed by atoms with van der Waals surface area (Å²) in [6.45, 7) is 12.4. The third-order valence-electron chi connectivity index (χ3n) is 22.1. The summed E-state index contributed by atoms with van der Waals surface area (Å²) in [5.41, 5.74) is -2.83. The van der Waals surface area contributed by atoms with Gasteiger partial charge in [-0.25, -0.2) is 8.42 Å². The van der Waals surface area contributed by atoms with E-state index in [0.717, 1.165) is 12.7 Å². The second kappa shape index (κ2) is 30.0. The van der Waals surface area contributed by atoms with Gasteiger partial charge in [0.25, 0.3) is 0 Å². The summed E-state index contributed by atoms with van der Waals surface area (Å²) in [5.74, 6) is -2.99. The summed E-state index contributed by atoms with van der Waals surface area (Å²) in [7, 11) is -4.32. The van der Waals surface area contributed by atoms with Gasteiger partial charge >= 0.3 is 65.1 Å². The molecule has 6 heterocycles. The van der Waals surface area contributed by atoms with E-state index in [1.807, 2.05) is 41.5 Å². The predicted molar refractivity (Wildman–Crippen MR) is 300 cm³/mol. The van der Waals surface area contributed by atoms with Crippen molar-refractivity contribution in [3.8, 4) is 0 Å². The van der Waals surface area contributed by atoms with E-state index in [2.05, 4.69) is 11.1 Å². The number of rotatable bonds is 20. The van der Waals surface area contributed by atoms with Gasteiger partial charge in [0.2, 0.25) is 10.4 Å². The third kappa shape index (κ3) is 14.4. The molecule has 0 bridgehead atoms. The maximum Gasteiger partial charge on any atom is 1.00 e. The van der Waals surface area contributed by atoms with Gasteiger partial charge < -0.3 is 127 Å². The molecule has 530 valence electrons. The van der Waals surface area contributed by atoms with Gasteiger partial charge in [-0.05, 0) is 75.0 Å². The van der Waals surface area contributed by atoms with Gasteiger partial charge in [0, 0.05) is 43.3 Å². The Bertz CT molecular complexity index is 2910. The number of esters is 1. The maximum absolute atomic E-state index is 15.2. The number of cyclic esters (lactones) is 1. The van der Waals surface area contributed by atoms with Crippen molar-refractivity contribution in [3.05, 3.63) is 11.1 Å². The molecule has 0 aromatic heterocycles. The van der Waals surface area contributed by atoms with Gasteiger partial charge in [0.05, 0.1) is 43.4 Å². The molecule has 6 aliphatic heterocycles. The molecule has 10 rings (SSSR count). The maximum atomic E-state index is 15.2. The molecule has 8 fully saturated rings. The molecule has 11 N–H and O–H groups in total. The Hall–Kier alpha value is -0.990. The number of fused-ring (bicyclic) bond motifs is 3. The fourth-order valence-corrected chi connectivity index (χ4v) is 17.7. The van der Waals surface area contributed by atoms with Crippen LogP contribution in [0.15, 0.2) is 11.1 Å². The number of aliphatic carboxylic acids is 1. The zero-order chi connectivity index (χ0) is 68.3. The van der Waals surface area contributed by atoms with Crippen molar-refractivity contribution < 1.29 is 214 Å². The van der Waals surface area contributed by atoms with Crippen molar-refractivity contribution in [3.63, 3.8) is 0 Å². The Morgan fingerprint density at radius 1 is 0.663 bits per heavy atom. The van der Waals surface area contributed by atoms with Crippen molar-refractivity contribution in [2.45, 2.75) is 272 Å². The van der Waals surface area contributed by atoms with Crippen molar-refractivity contribution in [1.82, 2.24) is 0 Å². The van der Waals surface area contributed by atoms with Crippen LogP contribution in [-0.4, -0.2) is 279 Å². The molecule has 10 aliphatic rings. The first kappa shape index (κ1) is 79.7. The summed E-state index contributed by atoms with van der Waals surface area (Å²) in [6, 6.07) is 0. The average molecular weight is 1400 g/mol. The van der Waals surface area contributed by atoms with Crippen LogP contribution in [0.5, 0.6) is 0 Å². The van der Waals surface area contributed by atoms with E-state index in [1.165, 1.54) is 6.92 Å². The number of aliphatic hydroxyl groups is 11. The van der Waals surface area contributed by atoms with Gasteiger partial charge in [0.15, 0.2) is 37.2 Å². The Morgan fingerprint density at radius 2 is 1.26 bits per heavy atom. The summed E-state index contributed by atoms with van der Waals surface area (Å²) >= 11 is 0. The number of ketones is 2. The largest absolute Gasteiger partial charge is 1.00 e. The quantitative estimate of drug-likeness (QED) is 0.0233. The number of aliphatic hydroxyl groups excluding tert-OH is 11. The summed E-state index contributed by atoms with van der Waals surface area (Å²) in [4.78, 5) is 54.9. The van der Waals surface area contributed by atoms with Crippen molar-refractivity contribution in [1.29, 1.82) is 0 Å². The molecule has 0 amide bonds. The number of carboxylic acid groups (broad SMARTS) is 1. The Labute approximate surface area is 593 Å². The SMILES string of the molecule is CO[C@@H]1[C@@H](O)[C@H](O[C@@H]2[C@@H](O)[C@H](O[C@H]3[C@H](O)[C@@H](O)[C@H](O[C@H]4[C@H](O[C@H]5CC[C@]6(C)C7=C(C(=O)C[C@H]6C5(C)C)[C@]5(C)CC[C@H]6[C@]5(CC7)C(=O)O[C@@]6(C)CC(=O)CC(C)C)OC[C@@H](O[C@@H]5O[C@H](COS(=O)(=O)[O-])[C@@H](O)[C@H](O)[C@H]5O)[C@@H]4O)O[C@@H]3C)O[C@H](CO)[C@H]2O)O[C@H](C(=O)[O-])[C@H]1O.[Na+].[Na+]. The van der Waals surface area contributed by atoms with Gasteiger partial charge in [0.1, 0.15) is 121 Å². The molecule has 6 saturated heterocycles. The molecule has 1 spiro atoms. The molecule has 32 nitrogen and oxygen atoms in total. The zero-order valence-electron chi connectivity index (χ0n) is 55.1. The molecule has 2 saturated carbocycles. The first-order valence-corrected chi connectivity index (χ1v) is 33.0. The number of ether oxygens (including phenoxy) is 12. The van der Waals surface area contributed by atoms with E-state index in [-0.39, 0.29) is 101 Å². The van der Waals surface area contributed by atoms with E-state index < -0.39 is 223 Å². The average Bonchev–Trinajstić information content (AvgIpc) is 1.54. The van der Waals surface area contributed by atoms with Crippen molar-refractivity contribution >= 4 is 33.9 Å².